The Kier molecular flexibility index (Phi) is 4.73. The number of thiazole rings is 1. The largest absolute Gasteiger partial charge is 0.331 e. The zero-order chi connectivity index (χ0) is 18.0. The molecule has 6 nitrogen and oxygen atoms in total. The Morgan fingerprint density at radius 3 is 2.44 bits per heavy atom. The van der Waals surface area contributed by atoms with E-state index in [0.29, 0.717) is 5.13 Å². The number of carbonyl (C=O) groups excluding carboxylic acids is 1. The molecule has 2 aromatic carbocycles. The van der Waals surface area contributed by atoms with Crippen LogP contribution in [-0.4, -0.2) is 25.7 Å². The molecule has 0 aliphatic carbocycles. The van der Waals surface area contributed by atoms with Gasteiger partial charge in [-0.2, -0.15) is 0 Å². The van der Waals surface area contributed by atoms with E-state index < -0.39 is 9.84 Å². The van der Waals surface area contributed by atoms with Crippen LogP contribution < -0.4 is 10.6 Å². The topological polar surface area (TPSA) is 88.2 Å². The number of nitrogens with one attached hydrogen (secondary N) is 2. The number of nitrogens with zero attached hydrogens (tertiary/aromatic N) is 1. The number of sulfone groups is 1. The summed E-state index contributed by atoms with van der Waals surface area (Å²) in [6.07, 6.45) is 1.16. The second-order valence-electron chi connectivity index (χ2n) is 5.65. The van der Waals surface area contributed by atoms with Gasteiger partial charge in [-0.05, 0) is 36.8 Å². The van der Waals surface area contributed by atoms with Gasteiger partial charge in [-0.25, -0.2) is 18.2 Å². The molecule has 2 N–H and O–H groups in total. The maximum Gasteiger partial charge on any atom is 0.321 e. The average Bonchev–Trinajstić information content (AvgIpc) is 2.96. The van der Waals surface area contributed by atoms with Crippen LogP contribution in [0.1, 0.15) is 18.5 Å². The Morgan fingerprint density at radius 1 is 1.12 bits per heavy atom. The van der Waals surface area contributed by atoms with Crippen molar-refractivity contribution in [2.75, 3.05) is 11.6 Å². The molecule has 3 rings (SSSR count). The summed E-state index contributed by atoms with van der Waals surface area (Å²) in [5.41, 5.74) is 1.65. The number of aromatic nitrogens is 1. The van der Waals surface area contributed by atoms with E-state index >= 15 is 0 Å². The number of urea groups is 1. The van der Waals surface area contributed by atoms with E-state index in [1.54, 1.807) is 12.1 Å². The molecular weight excluding hydrogens is 358 g/mol. The Morgan fingerprint density at radius 2 is 1.80 bits per heavy atom. The maximum atomic E-state index is 12.1. The average molecular weight is 375 g/mol. The van der Waals surface area contributed by atoms with E-state index in [0.717, 1.165) is 22.0 Å². The predicted molar refractivity (Wildman–Crippen MR) is 99.7 cm³/mol. The van der Waals surface area contributed by atoms with Gasteiger partial charge in [-0.15, -0.1) is 0 Å². The molecule has 130 valence electrons. The van der Waals surface area contributed by atoms with Crippen LogP contribution in [0.25, 0.3) is 10.2 Å². The van der Waals surface area contributed by atoms with Crippen molar-refractivity contribution in [3.63, 3.8) is 0 Å². The van der Waals surface area contributed by atoms with Gasteiger partial charge in [0.1, 0.15) is 0 Å². The van der Waals surface area contributed by atoms with Crippen LogP contribution in [0, 0.1) is 0 Å². The first-order valence-corrected chi connectivity index (χ1v) is 10.3. The summed E-state index contributed by atoms with van der Waals surface area (Å²) in [6, 6.07) is 13.5. The minimum atomic E-state index is -3.23. The fourth-order valence-electron chi connectivity index (χ4n) is 2.34. The van der Waals surface area contributed by atoms with Gasteiger partial charge in [-0.1, -0.05) is 35.6 Å². The highest BCUT2D eigenvalue weighted by Gasteiger charge is 2.13. The molecule has 2 amide bonds. The third-order valence-corrected chi connectivity index (χ3v) is 5.75. The van der Waals surface area contributed by atoms with Crippen molar-refractivity contribution in [2.45, 2.75) is 17.9 Å². The first-order valence-electron chi connectivity index (χ1n) is 7.56. The van der Waals surface area contributed by atoms with Crippen molar-refractivity contribution in [3.05, 3.63) is 54.1 Å². The molecule has 0 unspecified atom stereocenters. The highest BCUT2D eigenvalue weighted by Crippen LogP contribution is 2.25. The number of amides is 2. The maximum absolute atomic E-state index is 12.1. The van der Waals surface area contributed by atoms with Gasteiger partial charge in [0, 0.05) is 6.26 Å². The molecule has 8 heteroatoms. The van der Waals surface area contributed by atoms with Crippen molar-refractivity contribution in [1.29, 1.82) is 0 Å². The van der Waals surface area contributed by atoms with Gasteiger partial charge in [0.05, 0.1) is 21.2 Å². The number of carbonyl (C=O) groups is 1. The lowest BCUT2D eigenvalue weighted by atomic mass is 10.1. The highest BCUT2D eigenvalue weighted by atomic mass is 32.2. The smallest absolute Gasteiger partial charge is 0.321 e. The van der Waals surface area contributed by atoms with Crippen molar-refractivity contribution >= 4 is 42.6 Å². The minimum absolute atomic E-state index is 0.252. The lowest BCUT2D eigenvalue weighted by molar-refractivity contribution is 0.249. The monoisotopic (exact) mass is 375 g/mol. The van der Waals surface area contributed by atoms with Crippen LogP contribution in [0.2, 0.25) is 0 Å². The molecular formula is C17H17N3O3S2. The minimum Gasteiger partial charge on any atom is -0.331 e. The Hall–Kier alpha value is -2.45. The standard InChI is InChI=1S/C17H17N3O3S2/c1-11(12-7-9-13(10-8-12)25(2,22)23)18-16(21)20-17-19-14-5-3-4-6-15(14)24-17/h3-11H,1-2H3,(H2,18,19,20,21)/t11-/m1/s1. The number of hydrogen-bond acceptors (Lipinski definition) is 5. The third-order valence-electron chi connectivity index (χ3n) is 3.67. The number of benzene rings is 2. The summed E-state index contributed by atoms with van der Waals surface area (Å²) in [5, 5.41) is 6.07. The van der Waals surface area contributed by atoms with Gasteiger partial charge in [0.25, 0.3) is 0 Å². The molecule has 1 heterocycles. The number of hydrogen-bond donors (Lipinski definition) is 2. The van der Waals surface area contributed by atoms with Crippen LogP contribution >= 0.6 is 11.3 Å². The molecule has 0 aliphatic heterocycles. The molecule has 0 aliphatic rings. The molecule has 0 spiro atoms. The summed E-state index contributed by atoms with van der Waals surface area (Å²) in [4.78, 5) is 16.8. The van der Waals surface area contributed by atoms with Crippen LogP contribution in [0.4, 0.5) is 9.93 Å². The fourth-order valence-corrected chi connectivity index (χ4v) is 3.83. The second-order valence-corrected chi connectivity index (χ2v) is 8.69. The van der Waals surface area contributed by atoms with Crippen LogP contribution in [0.3, 0.4) is 0 Å². The van der Waals surface area contributed by atoms with Gasteiger partial charge in [-0.3, -0.25) is 5.32 Å². The van der Waals surface area contributed by atoms with Gasteiger partial charge in [0.15, 0.2) is 15.0 Å². The number of anilines is 1. The van der Waals surface area contributed by atoms with E-state index in [4.69, 9.17) is 0 Å². The van der Waals surface area contributed by atoms with E-state index in [-0.39, 0.29) is 17.0 Å². The third kappa shape index (κ3) is 4.15. The summed E-state index contributed by atoms with van der Waals surface area (Å²) < 4.78 is 24.0. The van der Waals surface area contributed by atoms with Gasteiger partial charge in [0.2, 0.25) is 0 Å². The summed E-state index contributed by atoms with van der Waals surface area (Å²) in [5.74, 6) is 0. The summed E-state index contributed by atoms with van der Waals surface area (Å²) in [7, 11) is -3.23. The Balaban J connectivity index is 1.65. The zero-order valence-electron chi connectivity index (χ0n) is 13.7. The molecule has 0 saturated heterocycles. The molecule has 0 bridgehead atoms. The molecule has 1 aromatic heterocycles. The van der Waals surface area contributed by atoms with Crippen molar-refractivity contribution in [2.24, 2.45) is 0 Å². The predicted octanol–water partition coefficient (Wildman–Crippen LogP) is 3.58. The van der Waals surface area contributed by atoms with Crippen molar-refractivity contribution in [3.8, 4) is 0 Å². The summed E-state index contributed by atoms with van der Waals surface area (Å²) >= 11 is 1.40. The molecule has 0 fully saturated rings. The second kappa shape index (κ2) is 6.81. The van der Waals surface area contributed by atoms with Crippen molar-refractivity contribution in [1.82, 2.24) is 10.3 Å². The van der Waals surface area contributed by atoms with Crippen LogP contribution in [0.15, 0.2) is 53.4 Å². The summed E-state index contributed by atoms with van der Waals surface area (Å²) in [6.45, 7) is 1.83. The van der Waals surface area contributed by atoms with E-state index in [1.807, 2.05) is 31.2 Å². The number of fused-ring (bicyclic) bond motifs is 1. The quantitative estimate of drug-likeness (QED) is 0.729. The first kappa shape index (κ1) is 17.4. The SMILES string of the molecule is C[C@@H](NC(=O)Nc1nc2ccccc2s1)c1ccc(S(C)(=O)=O)cc1. The Bertz CT molecular complexity index is 978. The normalized spacial score (nSPS) is 12.7. The van der Waals surface area contributed by atoms with E-state index in [2.05, 4.69) is 15.6 Å². The van der Waals surface area contributed by atoms with E-state index in [1.165, 1.54) is 23.5 Å². The number of rotatable bonds is 4. The van der Waals surface area contributed by atoms with Gasteiger partial charge >= 0.3 is 6.03 Å². The lowest BCUT2D eigenvalue weighted by Gasteiger charge is -2.14. The zero-order valence-corrected chi connectivity index (χ0v) is 15.3. The molecule has 0 radical (unpaired) electrons. The Labute approximate surface area is 149 Å². The van der Waals surface area contributed by atoms with Crippen LogP contribution in [0.5, 0.6) is 0 Å². The fraction of sp³-hybridized carbons (Fsp3) is 0.176. The van der Waals surface area contributed by atoms with E-state index in [9.17, 15) is 13.2 Å². The lowest BCUT2D eigenvalue weighted by Crippen LogP contribution is -2.31. The van der Waals surface area contributed by atoms with Crippen molar-refractivity contribution < 1.29 is 13.2 Å². The first-order chi connectivity index (χ1) is 11.8. The van der Waals surface area contributed by atoms with Gasteiger partial charge < -0.3 is 5.32 Å². The molecule has 3 aromatic rings. The number of para-hydroxylation sites is 1. The van der Waals surface area contributed by atoms with Crippen LogP contribution in [-0.2, 0) is 9.84 Å². The molecule has 0 saturated carbocycles. The molecule has 25 heavy (non-hydrogen) atoms. The molecule has 1 atom stereocenters. The highest BCUT2D eigenvalue weighted by molar-refractivity contribution is 7.90.